The molecule has 0 aliphatic carbocycles. The highest BCUT2D eigenvalue weighted by atomic mass is 13.7. The van der Waals surface area contributed by atoms with E-state index in [2.05, 4.69) is 0 Å². The first-order valence-corrected chi connectivity index (χ1v) is 13.0. The monoisotopic (exact) mass is 442 g/mol. The van der Waals surface area contributed by atoms with Crippen molar-refractivity contribution < 1.29 is 0 Å². The van der Waals surface area contributed by atoms with Crippen LogP contribution in [0.5, 0.6) is 0 Å². The lowest BCUT2D eigenvalue weighted by atomic mass is 8.38. The molecule has 42 radical (unpaired) electrons. The van der Waals surface area contributed by atoms with Crippen LogP contribution < -0.4 is 0 Å². The summed E-state index contributed by atoms with van der Waals surface area (Å²) in [7, 11) is 131. The molecule has 0 spiro atoms. The van der Waals surface area contributed by atoms with Crippen molar-refractivity contribution in [2.24, 2.45) is 0 Å². The van der Waals surface area contributed by atoms with Crippen LogP contribution in [0.2, 0.25) is 5.62 Å². The van der Waals surface area contributed by atoms with Gasteiger partial charge in [0.1, 0.15) is 0 Å². The number of hydrogen-bond acceptors (Lipinski definition) is 0. The largest absolute Gasteiger partial charge is 0.146 e. The summed E-state index contributed by atoms with van der Waals surface area (Å²) in [6.45, 7) is -3.20. The van der Waals surface area contributed by atoms with E-state index < -0.39 is 121 Å². The fourth-order valence-corrected chi connectivity index (χ4v) is 6.42. The van der Waals surface area contributed by atoms with E-state index in [0.29, 0.717) is 0 Å². The molecule has 0 saturated heterocycles. The van der Waals surface area contributed by atoms with E-state index in [0.717, 1.165) is 0 Å². The molecule has 0 rings (SSSR count). The molecule has 0 nitrogen and oxygen atoms in total. The molecule has 0 aliphatic rings. The molecule has 40 heavy (non-hydrogen) atoms. The molecule has 122 valence electrons. The van der Waals surface area contributed by atoms with Crippen molar-refractivity contribution in [1.29, 1.82) is 0 Å². The summed E-state index contributed by atoms with van der Waals surface area (Å²) in [5.41, 5.74) is -1.09. The first-order valence-electron chi connectivity index (χ1n) is 13.0. The van der Waals surface area contributed by atoms with Gasteiger partial charge in [-0.05, 0) is 0 Å². The molecule has 0 aromatic carbocycles. The fourth-order valence-electron chi connectivity index (χ4n) is 6.42. The molecule has 0 amide bonds. The van der Waals surface area contributed by atoms with Gasteiger partial charge in [0.15, 0.2) is 0 Å². The highest BCUT2D eigenvalue weighted by Gasteiger charge is 2.56. The second kappa shape index (κ2) is 19.3. The van der Waals surface area contributed by atoms with E-state index in [4.69, 9.17) is 162 Å². The molecule has 0 heterocycles. The zero-order chi connectivity index (χ0) is 32.0. The lowest BCUT2D eigenvalue weighted by molar-refractivity contribution is 1.80. The van der Waals surface area contributed by atoms with Crippen molar-refractivity contribution in [3.05, 3.63) is 0 Å². The first kappa shape index (κ1) is 42.5. The summed E-state index contributed by atoms with van der Waals surface area (Å²) >= 11 is 0. The van der Waals surface area contributed by atoms with E-state index in [9.17, 15) is 0 Å². The van der Waals surface area contributed by atoms with Gasteiger partial charge >= 0.3 is 0 Å². The smallest absolute Gasteiger partial charge is 0.0294 e. The predicted octanol–water partition coefficient (Wildman–Crippen LogP) is -14.5. The normalized spacial score (nSPS) is 9.82. The van der Waals surface area contributed by atoms with Crippen molar-refractivity contribution in [3.63, 3.8) is 0 Å². The second-order valence-electron chi connectivity index (χ2n) is 11.0. The molecular weight excluding hydrogens is 434 g/mol. The summed E-state index contributed by atoms with van der Waals surface area (Å²) < 4.78 is 0. The Morgan fingerprint density at radius 3 is 0.550 bits per heavy atom. The van der Waals surface area contributed by atoms with Crippen LogP contribution in [0.1, 0.15) is 0 Å². The van der Waals surface area contributed by atoms with Crippen LogP contribution in [0, 0.1) is 0 Å². The molecule has 0 aromatic rings. The van der Waals surface area contributed by atoms with Crippen molar-refractivity contribution in [2.75, 3.05) is 0 Å². The molecule has 0 fully saturated rings. The van der Waals surface area contributed by atoms with Crippen LogP contribution in [0.25, 0.3) is 0 Å². The molecule has 0 N–H and O–H groups in total. The van der Waals surface area contributed by atoms with Crippen molar-refractivity contribution in [2.45, 2.75) is 5.62 Å². The Balaban J connectivity index is 8.34. The van der Waals surface area contributed by atoms with Gasteiger partial charge in [0.25, 0.3) is 0 Å². The van der Waals surface area contributed by atoms with E-state index in [1.807, 2.05) is 0 Å². The van der Waals surface area contributed by atoms with Crippen LogP contribution in [0.4, 0.5) is 0 Å². The average molecular weight is 435 g/mol. The minimum atomic E-state index is -1.25. The lowest BCUT2D eigenvalue weighted by Crippen LogP contribution is -2.85. The maximum Gasteiger partial charge on any atom is 0.0294 e. The number of rotatable bonds is 18. The summed E-state index contributed by atoms with van der Waals surface area (Å²) in [5.74, 6) is 0. The van der Waals surface area contributed by atoms with E-state index in [1.54, 1.807) is 0 Å². The van der Waals surface area contributed by atoms with E-state index in [-0.39, 0.29) is 0 Å². The third-order valence-electron chi connectivity index (χ3n) is 8.00. The van der Waals surface area contributed by atoms with Gasteiger partial charge in [-0.15, -0.1) is 5.62 Å². The van der Waals surface area contributed by atoms with Crippen LogP contribution in [-0.4, -0.2) is 278 Å². The van der Waals surface area contributed by atoms with Crippen LogP contribution in [0.3, 0.4) is 0 Å². The van der Waals surface area contributed by atoms with Gasteiger partial charge in [0, 0.05) is 278 Å². The Morgan fingerprint density at radius 1 is 0.225 bits per heavy atom. The zero-order valence-electron chi connectivity index (χ0n) is 23.1. The molecule has 0 unspecified atom stereocenters. The Kier molecular flexibility index (Phi) is 20.5. The maximum atomic E-state index is 6.54. The van der Waals surface area contributed by atoms with Crippen molar-refractivity contribution in [3.8, 4) is 0 Å². The molecular formula is CHB39. The Bertz CT molecular complexity index is 536. The average Bonchev–Trinajstić information content (AvgIpc) is 2.73. The minimum absolute atomic E-state index is 1.04. The molecule has 0 saturated carbocycles. The summed E-state index contributed by atoms with van der Waals surface area (Å²) in [5, 5.41) is 0. The standard InChI is InChI=1S/CHB39/c2-26(3)23(36(22)27(4)5)1(24(37(28(6)7)29(8)9)38(30(10)11)31(12)13)25(39(32(14)15)33(16)17)40(34(18)19)35(20)21/h1H. The third-order valence-corrected chi connectivity index (χ3v) is 8.00. The molecule has 0 atom stereocenters. The topological polar surface area (TPSA) is 0 Å². The molecule has 39 heteroatoms. The quantitative estimate of drug-likeness (QED) is 0.188. The summed E-state index contributed by atoms with van der Waals surface area (Å²) in [4.78, 5) is 0. The second-order valence-corrected chi connectivity index (χ2v) is 11.0. The van der Waals surface area contributed by atoms with Gasteiger partial charge in [-0.3, -0.25) is 0 Å². The van der Waals surface area contributed by atoms with Crippen molar-refractivity contribution >= 4 is 278 Å². The van der Waals surface area contributed by atoms with Gasteiger partial charge in [0.2, 0.25) is 0 Å². The van der Waals surface area contributed by atoms with Crippen LogP contribution in [-0.2, 0) is 0 Å². The Labute approximate surface area is 281 Å². The highest BCUT2D eigenvalue weighted by molar-refractivity contribution is 8.15. The number of hydrogen-bond donors (Lipinski definition) is 0. The maximum absolute atomic E-state index is 6.54. The fraction of sp³-hybridized carbons (Fsp3) is 1.00. The van der Waals surface area contributed by atoms with Gasteiger partial charge in [0.05, 0.1) is 0 Å². The van der Waals surface area contributed by atoms with Crippen LogP contribution in [0.15, 0.2) is 0 Å². The van der Waals surface area contributed by atoms with Gasteiger partial charge in [-0.1, -0.05) is 0 Å². The first-order chi connectivity index (χ1) is 18.1. The summed E-state index contributed by atoms with van der Waals surface area (Å²) in [6.07, 6.45) is -17.4. The predicted molar refractivity (Wildman–Crippen MR) is 228 cm³/mol. The highest BCUT2D eigenvalue weighted by Crippen LogP contribution is 2.29. The van der Waals surface area contributed by atoms with Gasteiger partial charge in [-0.2, -0.15) is 0 Å². The van der Waals surface area contributed by atoms with Gasteiger partial charge < -0.3 is 0 Å². The SMILES string of the molecule is [B]B([B])B([B])B(B([B])[B])C(B(B(B([B])[B])B([B])[B])B(B([B])[B])B([B])[B])B(B(B([B])[B])B([B])[B])B(B([B])[B])B([B])[B]. The lowest BCUT2D eigenvalue weighted by Gasteiger charge is -2.55. The Morgan fingerprint density at radius 2 is 0.425 bits per heavy atom. The van der Waals surface area contributed by atoms with E-state index in [1.165, 1.54) is 0 Å². The zero-order valence-corrected chi connectivity index (χ0v) is 23.1. The Hall–Kier alpha value is 2.53. The minimum Gasteiger partial charge on any atom is -0.146 e. The molecule has 0 bridgehead atoms. The van der Waals surface area contributed by atoms with Crippen molar-refractivity contribution in [1.82, 2.24) is 0 Å². The van der Waals surface area contributed by atoms with Crippen LogP contribution >= 0.6 is 0 Å². The molecule has 0 aliphatic heterocycles. The molecule has 0 aromatic heterocycles. The third kappa shape index (κ3) is 11.4. The van der Waals surface area contributed by atoms with E-state index >= 15 is 0 Å². The summed E-state index contributed by atoms with van der Waals surface area (Å²) in [6, 6.07) is 0. The van der Waals surface area contributed by atoms with Gasteiger partial charge in [-0.25, -0.2) is 0 Å².